The molecule has 3 rings (SSSR count). The highest BCUT2D eigenvalue weighted by Gasteiger charge is 2.14. The van der Waals surface area contributed by atoms with Crippen molar-refractivity contribution in [3.63, 3.8) is 0 Å². The Bertz CT molecular complexity index is 825. The number of halogens is 2. The zero-order valence-electron chi connectivity index (χ0n) is 14.0. The van der Waals surface area contributed by atoms with E-state index in [2.05, 4.69) is 53.8 Å². The van der Waals surface area contributed by atoms with Crippen molar-refractivity contribution in [3.8, 4) is 0 Å². The normalized spacial score (nSPS) is 10.8. The minimum Gasteiger partial charge on any atom is -1.00 e. The maximum atomic E-state index is 6.00. The molecule has 0 saturated heterocycles. The molecule has 0 aliphatic rings. The molecule has 128 valence electrons. The molecule has 3 aromatic rings. The van der Waals surface area contributed by atoms with Crippen molar-refractivity contribution in [3.05, 3.63) is 64.3 Å². The molecule has 0 bridgehead atoms. The summed E-state index contributed by atoms with van der Waals surface area (Å²) in [5, 5.41) is 2.15. The van der Waals surface area contributed by atoms with Crippen LogP contribution in [-0.2, 0) is 13.0 Å². The molecule has 0 fully saturated rings. The Morgan fingerprint density at radius 1 is 1.12 bits per heavy atom. The first kappa shape index (κ1) is 19.2. The predicted molar refractivity (Wildman–Crippen MR) is 100 cm³/mol. The number of rotatable bonds is 5. The second kappa shape index (κ2) is 8.30. The molecule has 1 heterocycles. The molecule has 24 heavy (non-hydrogen) atoms. The minimum absolute atomic E-state index is 0. The smallest absolute Gasteiger partial charge is 0.0781 e. The first-order valence-electron chi connectivity index (χ1n) is 7.83. The second-order valence-corrected chi connectivity index (χ2v) is 7.08. The summed E-state index contributed by atoms with van der Waals surface area (Å²) in [6.07, 6.45) is 3.15. The van der Waals surface area contributed by atoms with E-state index in [4.69, 9.17) is 11.6 Å². The average Bonchev–Trinajstić information content (AvgIpc) is 2.82. The van der Waals surface area contributed by atoms with Gasteiger partial charge in [0.05, 0.1) is 6.54 Å². The van der Waals surface area contributed by atoms with Crippen molar-refractivity contribution in [1.29, 1.82) is 0 Å². The number of benzene rings is 2. The Morgan fingerprint density at radius 2 is 1.83 bits per heavy atom. The molecule has 3 N–H and O–H groups in total. The van der Waals surface area contributed by atoms with Crippen LogP contribution in [0.1, 0.15) is 16.8 Å². The Balaban J connectivity index is 0.00000208. The van der Waals surface area contributed by atoms with Crippen LogP contribution >= 0.6 is 23.4 Å². The molecule has 0 amide bonds. The maximum absolute atomic E-state index is 6.00. The van der Waals surface area contributed by atoms with Gasteiger partial charge in [-0.3, -0.25) is 0 Å². The standard InChI is InChI=1S/C19H21ClN2S.ClH/c1-13-17(9-10-21)18-11-16(23-2)7-8-19(18)22(13)12-14-3-5-15(20)6-4-14;/h3-8,11H,9-10,12,21H2,1-2H3;1H. The lowest BCUT2D eigenvalue weighted by Gasteiger charge is -2.09. The SMILES string of the molecule is CSc1ccc2c(c1)c(CC[NH3+])c(C)n2Cc1ccc(Cl)cc1.[Cl-]. The third-order valence-corrected chi connectivity index (χ3v) is 5.32. The molecule has 2 nitrogen and oxygen atoms in total. The van der Waals surface area contributed by atoms with Crippen LogP contribution in [0.2, 0.25) is 5.02 Å². The van der Waals surface area contributed by atoms with Gasteiger partial charge in [0.25, 0.3) is 0 Å². The number of thioether (sulfide) groups is 1. The Morgan fingerprint density at radius 3 is 2.46 bits per heavy atom. The lowest BCUT2D eigenvalue weighted by molar-refractivity contribution is -0.366. The first-order chi connectivity index (χ1) is 11.1. The van der Waals surface area contributed by atoms with Gasteiger partial charge < -0.3 is 22.7 Å². The fourth-order valence-electron chi connectivity index (χ4n) is 3.13. The predicted octanol–water partition coefficient (Wildman–Crippen LogP) is 1.16. The summed E-state index contributed by atoms with van der Waals surface area (Å²) in [6.45, 7) is 4.01. The molecule has 0 aliphatic carbocycles. The lowest BCUT2D eigenvalue weighted by atomic mass is 10.1. The summed E-state index contributed by atoms with van der Waals surface area (Å²) in [7, 11) is 0. The number of quaternary nitrogens is 1. The van der Waals surface area contributed by atoms with E-state index in [1.165, 1.54) is 32.6 Å². The summed E-state index contributed by atoms with van der Waals surface area (Å²) in [5.74, 6) is 0. The largest absolute Gasteiger partial charge is 1.00 e. The molecular weight excluding hydrogens is 359 g/mol. The van der Waals surface area contributed by atoms with Crippen LogP contribution in [0.4, 0.5) is 0 Å². The van der Waals surface area contributed by atoms with Crippen LogP contribution in [0.3, 0.4) is 0 Å². The zero-order chi connectivity index (χ0) is 16.4. The summed E-state index contributed by atoms with van der Waals surface area (Å²) < 4.78 is 2.41. The van der Waals surface area contributed by atoms with Gasteiger partial charge in [0.2, 0.25) is 0 Å². The van der Waals surface area contributed by atoms with Crippen molar-refractivity contribution in [2.45, 2.75) is 24.8 Å². The van der Waals surface area contributed by atoms with Crippen LogP contribution in [0.5, 0.6) is 0 Å². The Labute approximate surface area is 158 Å². The highest BCUT2D eigenvalue weighted by atomic mass is 35.5. The van der Waals surface area contributed by atoms with Gasteiger partial charge in [0.15, 0.2) is 0 Å². The molecule has 0 aliphatic heterocycles. The van der Waals surface area contributed by atoms with E-state index >= 15 is 0 Å². The van der Waals surface area contributed by atoms with Crippen molar-refractivity contribution < 1.29 is 18.1 Å². The van der Waals surface area contributed by atoms with E-state index in [1.807, 2.05) is 12.1 Å². The van der Waals surface area contributed by atoms with E-state index in [9.17, 15) is 0 Å². The topological polar surface area (TPSA) is 32.6 Å². The lowest BCUT2D eigenvalue weighted by Crippen LogP contribution is -3.00. The molecule has 0 atom stereocenters. The zero-order valence-corrected chi connectivity index (χ0v) is 16.3. The Kier molecular flexibility index (Phi) is 6.64. The maximum Gasteiger partial charge on any atom is 0.0781 e. The third-order valence-electron chi connectivity index (χ3n) is 4.34. The Hall–Kier alpha value is -1.13. The molecule has 1 aromatic heterocycles. The molecule has 5 heteroatoms. The highest BCUT2D eigenvalue weighted by molar-refractivity contribution is 7.98. The number of aromatic nitrogens is 1. The molecular formula is C19H22Cl2N2S. The second-order valence-electron chi connectivity index (χ2n) is 5.76. The average molecular weight is 381 g/mol. The first-order valence-corrected chi connectivity index (χ1v) is 9.43. The van der Waals surface area contributed by atoms with E-state index in [0.29, 0.717) is 0 Å². The van der Waals surface area contributed by atoms with E-state index in [-0.39, 0.29) is 12.4 Å². The van der Waals surface area contributed by atoms with Gasteiger partial charge in [-0.25, -0.2) is 0 Å². The molecule has 0 spiro atoms. The van der Waals surface area contributed by atoms with Gasteiger partial charge in [0.1, 0.15) is 0 Å². The van der Waals surface area contributed by atoms with Crippen molar-refractivity contribution >= 4 is 34.3 Å². The van der Waals surface area contributed by atoms with Gasteiger partial charge >= 0.3 is 0 Å². The highest BCUT2D eigenvalue weighted by Crippen LogP contribution is 2.30. The van der Waals surface area contributed by atoms with Crippen LogP contribution in [-0.4, -0.2) is 17.4 Å². The fraction of sp³-hybridized carbons (Fsp3) is 0.263. The van der Waals surface area contributed by atoms with Gasteiger partial charge in [-0.2, -0.15) is 0 Å². The van der Waals surface area contributed by atoms with Gasteiger partial charge in [-0.1, -0.05) is 23.7 Å². The van der Waals surface area contributed by atoms with Crippen LogP contribution in [0.15, 0.2) is 47.4 Å². The summed E-state index contributed by atoms with van der Waals surface area (Å²) in [6, 6.07) is 14.9. The van der Waals surface area contributed by atoms with E-state index in [0.717, 1.165) is 24.5 Å². The van der Waals surface area contributed by atoms with Crippen molar-refractivity contribution in [1.82, 2.24) is 4.57 Å². The van der Waals surface area contributed by atoms with Crippen LogP contribution < -0.4 is 18.1 Å². The van der Waals surface area contributed by atoms with E-state index < -0.39 is 0 Å². The molecule has 0 saturated carbocycles. The number of fused-ring (bicyclic) bond motifs is 1. The summed E-state index contributed by atoms with van der Waals surface area (Å²) in [5.41, 5.74) is 9.39. The fourth-order valence-corrected chi connectivity index (χ4v) is 3.69. The van der Waals surface area contributed by atoms with Crippen LogP contribution in [0, 0.1) is 6.92 Å². The van der Waals surface area contributed by atoms with Crippen molar-refractivity contribution in [2.24, 2.45) is 0 Å². The van der Waals surface area contributed by atoms with Gasteiger partial charge in [-0.05, 0) is 54.6 Å². The van der Waals surface area contributed by atoms with Gasteiger partial charge in [-0.15, -0.1) is 11.8 Å². The van der Waals surface area contributed by atoms with Crippen molar-refractivity contribution in [2.75, 3.05) is 12.8 Å². The monoisotopic (exact) mass is 380 g/mol. The summed E-state index contributed by atoms with van der Waals surface area (Å²) >= 11 is 7.80. The summed E-state index contributed by atoms with van der Waals surface area (Å²) in [4.78, 5) is 1.31. The minimum atomic E-state index is 0. The van der Waals surface area contributed by atoms with Crippen LogP contribution in [0.25, 0.3) is 10.9 Å². The molecule has 2 aromatic carbocycles. The number of hydrogen-bond donors (Lipinski definition) is 1. The molecule has 0 unspecified atom stereocenters. The number of hydrogen-bond acceptors (Lipinski definition) is 1. The third kappa shape index (κ3) is 3.75. The number of nitrogens with zero attached hydrogens (tertiary/aromatic N) is 1. The molecule has 0 radical (unpaired) electrons. The van der Waals surface area contributed by atoms with E-state index in [1.54, 1.807) is 11.8 Å². The quantitative estimate of drug-likeness (QED) is 0.661. The van der Waals surface area contributed by atoms with Gasteiger partial charge in [0, 0.05) is 39.5 Å².